The highest BCUT2D eigenvalue weighted by Gasteiger charge is 2.22. The smallest absolute Gasteiger partial charge is 0.335 e. The molecule has 2 N–H and O–H groups in total. The van der Waals surface area contributed by atoms with Crippen molar-refractivity contribution in [2.45, 2.75) is 12.8 Å². The van der Waals surface area contributed by atoms with Crippen LogP contribution in [0.5, 0.6) is 11.5 Å². The van der Waals surface area contributed by atoms with Crippen molar-refractivity contribution >= 4 is 23.6 Å². The van der Waals surface area contributed by atoms with Gasteiger partial charge < -0.3 is 19.9 Å². The molecule has 6 heteroatoms. The number of anilines is 1. The van der Waals surface area contributed by atoms with Gasteiger partial charge in [-0.25, -0.2) is 4.79 Å². The van der Waals surface area contributed by atoms with E-state index in [0.29, 0.717) is 29.7 Å². The van der Waals surface area contributed by atoms with Crippen LogP contribution in [-0.4, -0.2) is 30.7 Å². The average molecular weight is 367 g/mol. The summed E-state index contributed by atoms with van der Waals surface area (Å²) in [6, 6.07) is 11.5. The lowest BCUT2D eigenvalue weighted by atomic mass is 10.2. The molecule has 1 saturated carbocycles. The number of benzene rings is 2. The second kappa shape index (κ2) is 8.40. The Hall–Kier alpha value is -3.28. The summed E-state index contributed by atoms with van der Waals surface area (Å²) in [7, 11) is 1.60. The van der Waals surface area contributed by atoms with Crippen molar-refractivity contribution in [1.82, 2.24) is 0 Å². The maximum absolute atomic E-state index is 12.1. The Balaban J connectivity index is 1.62. The second-order valence-electron chi connectivity index (χ2n) is 6.37. The number of methoxy groups -OCH3 is 1. The van der Waals surface area contributed by atoms with Gasteiger partial charge in [-0.2, -0.15) is 0 Å². The Morgan fingerprint density at radius 2 is 1.89 bits per heavy atom. The average Bonchev–Trinajstić information content (AvgIpc) is 3.49. The highest BCUT2D eigenvalue weighted by Crippen LogP contribution is 2.33. The molecule has 0 heterocycles. The summed E-state index contributed by atoms with van der Waals surface area (Å²) in [4.78, 5) is 22.9. The predicted octanol–water partition coefficient (Wildman–Crippen LogP) is 3.83. The summed E-state index contributed by atoms with van der Waals surface area (Å²) < 4.78 is 11.1. The molecule has 0 aliphatic heterocycles. The third-order valence-corrected chi connectivity index (χ3v) is 4.19. The minimum absolute atomic E-state index is 0.167. The number of hydrogen-bond donors (Lipinski definition) is 2. The van der Waals surface area contributed by atoms with Gasteiger partial charge in [0.2, 0.25) is 5.91 Å². The Labute approximate surface area is 157 Å². The van der Waals surface area contributed by atoms with Crippen molar-refractivity contribution in [2.24, 2.45) is 5.92 Å². The quantitative estimate of drug-likeness (QED) is 0.693. The molecule has 0 atom stereocenters. The minimum Gasteiger partial charge on any atom is -0.493 e. The number of hydrogen-bond acceptors (Lipinski definition) is 4. The van der Waals surface area contributed by atoms with E-state index in [0.717, 1.165) is 5.56 Å². The maximum atomic E-state index is 12.1. The molecular formula is C21H21NO5. The third kappa shape index (κ3) is 5.34. The van der Waals surface area contributed by atoms with Gasteiger partial charge >= 0.3 is 5.97 Å². The lowest BCUT2D eigenvalue weighted by molar-refractivity contribution is -0.111. The van der Waals surface area contributed by atoms with E-state index in [1.54, 1.807) is 25.3 Å². The van der Waals surface area contributed by atoms with Gasteiger partial charge in [-0.3, -0.25) is 4.79 Å². The molecule has 1 amide bonds. The summed E-state index contributed by atoms with van der Waals surface area (Å²) in [6.07, 6.45) is 5.51. The van der Waals surface area contributed by atoms with Crippen LogP contribution in [0.25, 0.3) is 6.08 Å². The van der Waals surface area contributed by atoms with E-state index in [-0.39, 0.29) is 11.5 Å². The van der Waals surface area contributed by atoms with Crippen molar-refractivity contribution in [3.63, 3.8) is 0 Å². The van der Waals surface area contributed by atoms with Crippen molar-refractivity contribution in [2.75, 3.05) is 19.0 Å². The van der Waals surface area contributed by atoms with E-state index in [9.17, 15) is 9.59 Å². The van der Waals surface area contributed by atoms with Gasteiger partial charge in [-0.1, -0.05) is 6.07 Å². The summed E-state index contributed by atoms with van der Waals surface area (Å²) in [6.45, 7) is 0.677. The van der Waals surface area contributed by atoms with E-state index in [4.69, 9.17) is 14.6 Å². The molecule has 0 radical (unpaired) electrons. The zero-order chi connectivity index (χ0) is 19.2. The van der Waals surface area contributed by atoms with Crippen LogP contribution in [0.1, 0.15) is 28.8 Å². The molecule has 0 aromatic heterocycles. The Morgan fingerprint density at radius 3 is 2.52 bits per heavy atom. The van der Waals surface area contributed by atoms with Crippen LogP contribution < -0.4 is 14.8 Å². The van der Waals surface area contributed by atoms with Crippen molar-refractivity contribution in [3.05, 3.63) is 59.7 Å². The van der Waals surface area contributed by atoms with Gasteiger partial charge in [-0.05, 0) is 66.8 Å². The number of carboxylic acid groups (broad SMARTS) is 1. The summed E-state index contributed by atoms with van der Waals surface area (Å²) in [5, 5.41) is 11.6. The first kappa shape index (κ1) is 18.5. The molecule has 2 aromatic carbocycles. The first-order valence-corrected chi connectivity index (χ1v) is 8.68. The largest absolute Gasteiger partial charge is 0.493 e. The van der Waals surface area contributed by atoms with Gasteiger partial charge in [0, 0.05) is 11.8 Å². The highest BCUT2D eigenvalue weighted by atomic mass is 16.5. The molecule has 2 aromatic rings. The second-order valence-corrected chi connectivity index (χ2v) is 6.37. The number of ether oxygens (including phenoxy) is 2. The topological polar surface area (TPSA) is 84.9 Å². The predicted molar refractivity (Wildman–Crippen MR) is 102 cm³/mol. The SMILES string of the molecule is COc1ccc(C=CC(=O)Nc2ccc(C(=O)O)cc2)cc1OCC1CC1. The Morgan fingerprint density at radius 1 is 1.15 bits per heavy atom. The highest BCUT2D eigenvalue weighted by molar-refractivity contribution is 6.02. The third-order valence-electron chi connectivity index (χ3n) is 4.19. The van der Waals surface area contributed by atoms with Gasteiger partial charge in [0.1, 0.15) is 0 Å². The fourth-order valence-electron chi connectivity index (χ4n) is 2.45. The molecule has 0 bridgehead atoms. The van der Waals surface area contributed by atoms with Gasteiger partial charge in [0.15, 0.2) is 11.5 Å². The van der Waals surface area contributed by atoms with Gasteiger partial charge in [0.05, 0.1) is 19.3 Å². The minimum atomic E-state index is -1.01. The summed E-state index contributed by atoms with van der Waals surface area (Å²) in [5.74, 6) is 0.639. The monoisotopic (exact) mass is 367 g/mol. The van der Waals surface area contributed by atoms with Crippen molar-refractivity contribution in [1.29, 1.82) is 0 Å². The van der Waals surface area contributed by atoms with E-state index >= 15 is 0 Å². The molecule has 1 aliphatic rings. The van der Waals surface area contributed by atoms with Crippen LogP contribution in [0.3, 0.4) is 0 Å². The molecular weight excluding hydrogens is 346 g/mol. The van der Waals surface area contributed by atoms with E-state index < -0.39 is 5.97 Å². The Bertz CT molecular complexity index is 853. The van der Waals surface area contributed by atoms with Crippen LogP contribution in [0, 0.1) is 5.92 Å². The standard InChI is InChI=1S/C21H21NO5/c1-26-18-10-4-14(12-19(18)27-13-15-2-3-15)5-11-20(23)22-17-8-6-16(7-9-17)21(24)25/h4-12,15H,2-3,13H2,1H3,(H,22,23)(H,24,25). The van der Waals surface area contributed by atoms with E-state index in [1.807, 2.05) is 18.2 Å². The molecule has 6 nitrogen and oxygen atoms in total. The van der Waals surface area contributed by atoms with Crippen LogP contribution >= 0.6 is 0 Å². The first-order valence-electron chi connectivity index (χ1n) is 8.68. The molecule has 1 aliphatic carbocycles. The molecule has 0 saturated heterocycles. The number of carbonyl (C=O) groups is 2. The molecule has 0 unspecified atom stereocenters. The fraction of sp³-hybridized carbons (Fsp3) is 0.238. The number of rotatable bonds is 8. The lowest BCUT2D eigenvalue weighted by Gasteiger charge is -2.11. The molecule has 3 rings (SSSR count). The number of carboxylic acids is 1. The van der Waals surface area contributed by atoms with E-state index in [2.05, 4.69) is 5.32 Å². The molecule has 0 spiro atoms. The summed E-state index contributed by atoms with van der Waals surface area (Å²) in [5.41, 5.74) is 1.51. The molecule has 27 heavy (non-hydrogen) atoms. The van der Waals surface area contributed by atoms with Crippen LogP contribution in [0.4, 0.5) is 5.69 Å². The Kier molecular flexibility index (Phi) is 5.76. The van der Waals surface area contributed by atoms with Gasteiger partial charge in [0.25, 0.3) is 0 Å². The zero-order valence-corrected chi connectivity index (χ0v) is 15.0. The van der Waals surface area contributed by atoms with Crippen LogP contribution in [0.2, 0.25) is 0 Å². The summed E-state index contributed by atoms with van der Waals surface area (Å²) >= 11 is 0. The fourth-order valence-corrected chi connectivity index (χ4v) is 2.45. The lowest BCUT2D eigenvalue weighted by Crippen LogP contribution is -2.08. The van der Waals surface area contributed by atoms with Crippen molar-refractivity contribution < 1.29 is 24.2 Å². The number of nitrogens with one attached hydrogen (secondary N) is 1. The number of carbonyl (C=O) groups excluding carboxylic acids is 1. The maximum Gasteiger partial charge on any atom is 0.335 e. The van der Waals surface area contributed by atoms with Crippen LogP contribution in [-0.2, 0) is 4.79 Å². The number of amides is 1. The van der Waals surface area contributed by atoms with Crippen molar-refractivity contribution in [3.8, 4) is 11.5 Å². The molecule has 140 valence electrons. The van der Waals surface area contributed by atoms with E-state index in [1.165, 1.54) is 31.1 Å². The zero-order valence-electron chi connectivity index (χ0n) is 15.0. The number of aromatic carboxylic acids is 1. The normalized spacial score (nSPS) is 13.4. The first-order chi connectivity index (χ1) is 13.0. The van der Waals surface area contributed by atoms with Gasteiger partial charge in [-0.15, -0.1) is 0 Å². The molecule has 1 fully saturated rings. The van der Waals surface area contributed by atoms with Crippen LogP contribution in [0.15, 0.2) is 48.5 Å².